The van der Waals surface area contributed by atoms with Crippen LogP contribution in [0.2, 0.25) is 0 Å². The summed E-state index contributed by atoms with van der Waals surface area (Å²) in [6.45, 7) is 8.63. The van der Waals surface area contributed by atoms with Gasteiger partial charge in [0.25, 0.3) is 0 Å². The third kappa shape index (κ3) is 17.5. The Morgan fingerprint density at radius 3 is 1.90 bits per heavy atom. The third-order valence-electron chi connectivity index (χ3n) is 3.33. The van der Waals surface area contributed by atoms with Crippen molar-refractivity contribution < 1.29 is 46.6 Å². The number of halogens is 1. The third-order valence-corrected chi connectivity index (χ3v) is 3.33. The van der Waals surface area contributed by atoms with Gasteiger partial charge >= 0.3 is 0 Å². The number of hydrogen-bond donors (Lipinski definition) is 1. The zero-order chi connectivity index (χ0) is 18.7. The van der Waals surface area contributed by atoms with Crippen molar-refractivity contribution in [2.75, 3.05) is 6.61 Å². The molecule has 0 aliphatic rings. The summed E-state index contributed by atoms with van der Waals surface area (Å²) in [4.78, 5) is 11.2. The molecule has 2 aromatic rings. The molecule has 0 aromatic heterocycles. The molecule has 1 radical (unpaired) electrons. The first kappa shape index (κ1) is 35.3. The van der Waals surface area contributed by atoms with Gasteiger partial charge in [-0.2, -0.15) is 0 Å². The maximum atomic E-state index is 12.4. The van der Waals surface area contributed by atoms with Gasteiger partial charge in [0.1, 0.15) is 12.4 Å². The summed E-state index contributed by atoms with van der Waals surface area (Å²) in [5.74, 6) is 0.255. The van der Waals surface area contributed by atoms with Crippen molar-refractivity contribution in [3.05, 3.63) is 71.5 Å². The molecule has 163 valence electrons. The van der Waals surface area contributed by atoms with Gasteiger partial charge in [-0.3, -0.25) is 4.79 Å². The van der Waals surface area contributed by atoms with Crippen LogP contribution >= 0.6 is 0 Å². The number of rotatable bonds is 6. The molecule has 0 spiro atoms. The van der Waals surface area contributed by atoms with Crippen LogP contribution in [0.1, 0.15) is 67.0 Å². The Balaban J connectivity index is -0.000000200. The summed E-state index contributed by atoms with van der Waals surface area (Å²) in [5.41, 5.74) is 2.26. The molecule has 0 aliphatic heterocycles. The quantitative estimate of drug-likeness (QED) is 0.505. The van der Waals surface area contributed by atoms with Crippen LogP contribution in [-0.2, 0) is 48.8 Å². The molecule has 0 saturated heterocycles. The minimum Gasteiger partial charge on any atom is -0.367 e. The van der Waals surface area contributed by atoms with Crippen molar-refractivity contribution in [3.8, 4) is 0 Å². The van der Waals surface area contributed by atoms with E-state index in [1.165, 1.54) is 17.7 Å². The van der Waals surface area contributed by atoms with Crippen molar-refractivity contribution in [1.82, 2.24) is 5.32 Å². The van der Waals surface area contributed by atoms with Gasteiger partial charge in [0, 0.05) is 38.8 Å². The topological polar surface area (TPSA) is 38.3 Å². The first-order chi connectivity index (χ1) is 11.9. The van der Waals surface area contributed by atoms with E-state index in [1.54, 1.807) is 0 Å². The maximum absolute atomic E-state index is 12.4. The summed E-state index contributed by atoms with van der Waals surface area (Å²) in [7, 11) is 0. The smallest absolute Gasteiger partial charge is 0.246 e. The van der Waals surface area contributed by atoms with Gasteiger partial charge in [-0.05, 0) is 43.0 Å². The molecule has 29 heavy (non-hydrogen) atoms. The van der Waals surface area contributed by atoms with E-state index in [-0.39, 0.29) is 79.4 Å². The average Bonchev–Trinajstić information content (AvgIpc) is 2.56. The van der Waals surface area contributed by atoms with Gasteiger partial charge in [0.15, 0.2) is 0 Å². The predicted molar refractivity (Wildman–Crippen MR) is 120 cm³/mol. The number of carbonyl (C=O) groups excluding carboxylic acids is 1. The van der Waals surface area contributed by atoms with Crippen LogP contribution in [0.15, 0.2) is 54.6 Å². The number of carbonyl (C=O) groups is 1. The predicted octanol–water partition coefficient (Wildman–Crippen LogP) is 6.58. The molecule has 5 heteroatoms. The fraction of sp³-hybridized carbons (Fsp3) is 0.458. The molecule has 1 N–H and O–H groups in total. The van der Waals surface area contributed by atoms with Crippen LogP contribution in [0, 0.1) is 5.82 Å². The largest absolute Gasteiger partial charge is 0.367 e. The average molecular weight is 482 g/mol. The van der Waals surface area contributed by atoms with Crippen LogP contribution in [0.3, 0.4) is 0 Å². The number of nitrogens with one attached hydrogen (secondary N) is 1. The Kier molecular flexibility index (Phi) is 24.6. The molecular weight excluding hydrogens is 442 g/mol. The van der Waals surface area contributed by atoms with Crippen molar-refractivity contribution in [2.24, 2.45) is 0 Å². The van der Waals surface area contributed by atoms with Gasteiger partial charge in [-0.15, -0.1) is 0 Å². The summed E-state index contributed by atoms with van der Waals surface area (Å²) >= 11 is 0. The number of ether oxygens (including phenoxy) is 1. The van der Waals surface area contributed by atoms with Crippen molar-refractivity contribution in [1.29, 1.82) is 0 Å². The first-order valence-corrected chi connectivity index (χ1v) is 8.55. The van der Waals surface area contributed by atoms with Crippen LogP contribution in [0.25, 0.3) is 0 Å². The van der Waals surface area contributed by atoms with E-state index in [9.17, 15) is 9.18 Å². The Hall–Kier alpha value is -1.10. The second-order valence-electron chi connectivity index (χ2n) is 6.41. The monoisotopic (exact) mass is 482 g/mol. The molecule has 0 unspecified atom stereocenters. The normalized spacial score (nSPS) is 8.93. The van der Waals surface area contributed by atoms with E-state index in [1.807, 2.05) is 56.3 Å². The Morgan fingerprint density at radius 1 is 0.931 bits per heavy atom. The zero-order valence-electron chi connectivity index (χ0n) is 16.0. The summed E-state index contributed by atoms with van der Waals surface area (Å²) in [5, 5.41) is 2.77. The van der Waals surface area contributed by atoms with Gasteiger partial charge in [0.2, 0.25) is 5.91 Å². The van der Waals surface area contributed by atoms with Crippen LogP contribution in [0.4, 0.5) is 4.39 Å². The van der Waals surface area contributed by atoms with Crippen LogP contribution < -0.4 is 5.32 Å². The van der Waals surface area contributed by atoms with Gasteiger partial charge < -0.3 is 10.1 Å². The minimum absolute atomic E-state index is 0. The van der Waals surface area contributed by atoms with E-state index < -0.39 is 0 Å². The van der Waals surface area contributed by atoms with Crippen molar-refractivity contribution in [2.45, 2.75) is 68.5 Å². The van der Waals surface area contributed by atoms with E-state index in [2.05, 4.69) is 19.2 Å². The van der Waals surface area contributed by atoms with Gasteiger partial charge in [0.05, 0.1) is 6.61 Å². The molecular formula is C24H40FNO2Y. The molecule has 2 rings (SSSR count). The van der Waals surface area contributed by atoms with E-state index in [0.717, 1.165) is 5.56 Å². The Bertz CT molecular complexity index is 617. The first-order valence-electron chi connectivity index (χ1n) is 8.55. The molecule has 2 aromatic carbocycles. The standard InChI is InChI=1S/C12H17NO2.C9H11F.3CH4.Y/c1-10(2)13-12(14)9-15-8-11-6-4-3-5-7-11;1-7(2)8-3-5-9(10)6-4-8;;;;/h3-7,10H,8-9H2,1-2H3,(H,13,14);3-7H,1-2H3;3*1H4;. The number of benzene rings is 2. The van der Waals surface area contributed by atoms with Crippen LogP contribution in [0.5, 0.6) is 0 Å². The molecule has 3 nitrogen and oxygen atoms in total. The van der Waals surface area contributed by atoms with E-state index in [0.29, 0.717) is 12.5 Å². The Morgan fingerprint density at radius 2 is 1.45 bits per heavy atom. The molecule has 0 fully saturated rings. The molecule has 0 atom stereocenters. The van der Waals surface area contributed by atoms with Crippen molar-refractivity contribution >= 4 is 5.91 Å². The zero-order valence-corrected chi connectivity index (χ0v) is 18.9. The fourth-order valence-electron chi connectivity index (χ4n) is 2.05. The number of hydrogen-bond acceptors (Lipinski definition) is 2. The second kappa shape index (κ2) is 20.2. The minimum atomic E-state index is -0.163. The van der Waals surface area contributed by atoms with Gasteiger partial charge in [-0.1, -0.05) is 78.6 Å². The SMILES string of the molecule is C.C.C.CC(C)NC(=O)COCc1ccccc1.CC(C)c1ccc(F)cc1.[Y]. The molecule has 1 amide bonds. The van der Waals surface area contributed by atoms with Crippen LogP contribution in [-0.4, -0.2) is 18.6 Å². The summed E-state index contributed by atoms with van der Waals surface area (Å²) in [6.07, 6.45) is 0. The van der Waals surface area contributed by atoms with Gasteiger partial charge in [-0.25, -0.2) is 4.39 Å². The van der Waals surface area contributed by atoms with E-state index in [4.69, 9.17) is 4.74 Å². The maximum Gasteiger partial charge on any atom is 0.246 e. The molecule has 0 aliphatic carbocycles. The van der Waals surface area contributed by atoms with Crippen molar-refractivity contribution in [3.63, 3.8) is 0 Å². The molecule has 0 saturated carbocycles. The number of amides is 1. The Labute approximate surface area is 203 Å². The second-order valence-corrected chi connectivity index (χ2v) is 6.41. The summed E-state index contributed by atoms with van der Waals surface area (Å²) in [6, 6.07) is 16.6. The summed E-state index contributed by atoms with van der Waals surface area (Å²) < 4.78 is 17.6. The van der Waals surface area contributed by atoms with E-state index >= 15 is 0 Å². The molecule has 0 heterocycles. The fourth-order valence-corrected chi connectivity index (χ4v) is 2.05. The molecule has 0 bridgehead atoms.